The quantitative estimate of drug-likeness (QED) is 0.313. The molecule has 0 unspecified atom stereocenters. The molecule has 0 aliphatic carbocycles. The predicted molar refractivity (Wildman–Crippen MR) is 144 cm³/mol. The van der Waals surface area contributed by atoms with Crippen molar-refractivity contribution in [2.75, 3.05) is 0 Å². The molecule has 0 fully saturated rings. The van der Waals surface area contributed by atoms with E-state index in [9.17, 15) is 10.1 Å². The van der Waals surface area contributed by atoms with Crippen molar-refractivity contribution < 1.29 is 0 Å². The monoisotopic (exact) mass is 507 g/mol. The van der Waals surface area contributed by atoms with Crippen LogP contribution in [0, 0.1) is 11.3 Å². The van der Waals surface area contributed by atoms with Gasteiger partial charge in [-0.1, -0.05) is 31.5 Å². The zero-order chi connectivity index (χ0) is 26.6. The minimum atomic E-state index is -0.181. The molecular formula is C28H29N9O. The Balaban J connectivity index is 1.54. The van der Waals surface area contributed by atoms with Crippen LogP contribution in [0.5, 0.6) is 0 Å². The average molecular weight is 508 g/mol. The van der Waals surface area contributed by atoms with E-state index < -0.39 is 0 Å². The number of unbranched alkanes of at least 4 members (excludes halogenated alkanes) is 1. The number of nitrogens with zero attached hydrogens (tertiary/aromatic N) is 8. The van der Waals surface area contributed by atoms with Crippen LogP contribution in [-0.2, 0) is 13.0 Å². The largest absolute Gasteiger partial charge is 0.334 e. The first-order valence-corrected chi connectivity index (χ1v) is 12.7. The zero-order valence-corrected chi connectivity index (χ0v) is 21.7. The number of aromatic nitrogens is 8. The lowest BCUT2D eigenvalue weighted by Gasteiger charge is -2.13. The number of aromatic amines is 1. The summed E-state index contributed by atoms with van der Waals surface area (Å²) >= 11 is 0. The number of benzene rings is 1. The smallest absolute Gasteiger partial charge is 0.330 e. The van der Waals surface area contributed by atoms with Crippen molar-refractivity contribution in [1.82, 2.24) is 39.3 Å². The van der Waals surface area contributed by atoms with E-state index in [1.165, 1.54) is 0 Å². The van der Waals surface area contributed by atoms with E-state index >= 15 is 0 Å². The van der Waals surface area contributed by atoms with Gasteiger partial charge in [0.15, 0.2) is 0 Å². The summed E-state index contributed by atoms with van der Waals surface area (Å²) in [7, 11) is 0. The molecule has 4 heterocycles. The van der Waals surface area contributed by atoms with Crippen LogP contribution in [0.2, 0.25) is 0 Å². The summed E-state index contributed by atoms with van der Waals surface area (Å²) in [5.41, 5.74) is 4.80. The van der Waals surface area contributed by atoms with Crippen molar-refractivity contribution >= 4 is 0 Å². The fourth-order valence-electron chi connectivity index (χ4n) is 4.63. The molecule has 0 saturated carbocycles. The lowest BCUT2D eigenvalue weighted by molar-refractivity contribution is 0.582. The number of imidazole rings is 1. The Bertz CT molecular complexity index is 1650. The van der Waals surface area contributed by atoms with Gasteiger partial charge in [-0.25, -0.2) is 4.79 Å². The summed E-state index contributed by atoms with van der Waals surface area (Å²) in [4.78, 5) is 18.4. The number of nitrogens with one attached hydrogen (secondary N) is 1. The molecule has 10 nitrogen and oxygen atoms in total. The maximum Gasteiger partial charge on any atom is 0.334 e. The molecule has 0 aliphatic rings. The molecule has 0 aliphatic heterocycles. The number of nitriles is 1. The molecule has 5 aromatic rings. The van der Waals surface area contributed by atoms with Gasteiger partial charge in [-0.15, -0.1) is 10.2 Å². The summed E-state index contributed by atoms with van der Waals surface area (Å²) in [6.07, 6.45) is 8.23. The van der Waals surface area contributed by atoms with Crippen molar-refractivity contribution in [2.24, 2.45) is 0 Å². The van der Waals surface area contributed by atoms with E-state index in [1.807, 2.05) is 67.2 Å². The second kappa shape index (κ2) is 10.7. The van der Waals surface area contributed by atoms with Gasteiger partial charge in [0.2, 0.25) is 5.82 Å². The molecule has 10 heteroatoms. The Labute approximate surface area is 220 Å². The first-order valence-electron chi connectivity index (χ1n) is 12.7. The average Bonchev–Trinajstić information content (AvgIpc) is 3.68. The summed E-state index contributed by atoms with van der Waals surface area (Å²) in [5.74, 6) is 1.13. The molecule has 0 atom stereocenters. The molecule has 4 aromatic heterocycles. The third kappa shape index (κ3) is 4.78. The molecule has 1 N–H and O–H groups in total. The Morgan fingerprint density at radius 1 is 1.11 bits per heavy atom. The molecule has 192 valence electrons. The minimum Gasteiger partial charge on any atom is -0.330 e. The lowest BCUT2D eigenvalue weighted by Crippen LogP contribution is -2.27. The molecule has 0 radical (unpaired) electrons. The summed E-state index contributed by atoms with van der Waals surface area (Å²) < 4.78 is 5.35. The van der Waals surface area contributed by atoms with Crippen LogP contribution in [0.1, 0.15) is 56.6 Å². The van der Waals surface area contributed by atoms with Crippen LogP contribution in [0.3, 0.4) is 0 Å². The highest BCUT2D eigenvalue weighted by Gasteiger charge is 2.20. The van der Waals surface area contributed by atoms with Crippen LogP contribution in [0.15, 0.2) is 65.8 Å². The number of pyridine rings is 1. The van der Waals surface area contributed by atoms with Crippen molar-refractivity contribution in [3.05, 3.63) is 88.5 Å². The molecule has 0 amide bonds. The van der Waals surface area contributed by atoms with Crippen molar-refractivity contribution in [3.63, 3.8) is 0 Å². The number of hydrogen-bond acceptors (Lipinski definition) is 6. The second-order valence-corrected chi connectivity index (χ2v) is 9.48. The molecule has 0 saturated heterocycles. The van der Waals surface area contributed by atoms with E-state index in [0.717, 1.165) is 47.3 Å². The van der Waals surface area contributed by atoms with E-state index in [1.54, 1.807) is 21.4 Å². The van der Waals surface area contributed by atoms with Gasteiger partial charge in [-0.05, 0) is 67.3 Å². The van der Waals surface area contributed by atoms with Gasteiger partial charge in [0, 0.05) is 35.9 Å². The topological polar surface area (TPSA) is 123 Å². The standard InChI is InChI=1S/C28H29N9O/c1-4-5-9-25-18-37(27-23(16-29)11-13-35(27)19(2)3)28(38)36(25)17-24-15-21(10-12-30-24)20-7-6-8-22(14-20)26-31-33-34-32-26/h6-8,10-15,18-19H,4-5,9,17H2,1-3H3,(H,31,32,33,34). The van der Waals surface area contributed by atoms with Gasteiger partial charge in [-0.2, -0.15) is 10.5 Å². The Morgan fingerprint density at radius 2 is 1.92 bits per heavy atom. The first-order chi connectivity index (χ1) is 18.5. The van der Waals surface area contributed by atoms with Gasteiger partial charge in [-0.3, -0.25) is 14.1 Å². The maximum atomic E-state index is 13.8. The van der Waals surface area contributed by atoms with E-state index in [4.69, 9.17) is 0 Å². The van der Waals surface area contributed by atoms with Crippen molar-refractivity contribution in [2.45, 2.75) is 52.6 Å². The van der Waals surface area contributed by atoms with E-state index in [0.29, 0.717) is 23.8 Å². The van der Waals surface area contributed by atoms with Crippen LogP contribution in [0.4, 0.5) is 0 Å². The summed E-state index contributed by atoms with van der Waals surface area (Å²) in [5, 5.41) is 24.0. The number of tetrazole rings is 1. The fraction of sp³-hybridized carbons (Fsp3) is 0.286. The van der Waals surface area contributed by atoms with Crippen LogP contribution < -0.4 is 5.69 Å². The Kier molecular flexibility index (Phi) is 7.00. The third-order valence-electron chi connectivity index (χ3n) is 6.58. The van der Waals surface area contributed by atoms with Crippen LogP contribution in [-0.4, -0.2) is 39.3 Å². The highest BCUT2D eigenvalue weighted by Crippen LogP contribution is 2.25. The minimum absolute atomic E-state index is 0.100. The maximum absolute atomic E-state index is 13.8. The molecule has 5 rings (SSSR count). The third-order valence-corrected chi connectivity index (χ3v) is 6.58. The number of aryl methyl sites for hydroxylation is 1. The Hall–Kier alpha value is -4.78. The van der Waals surface area contributed by atoms with Crippen molar-refractivity contribution in [3.8, 4) is 34.4 Å². The summed E-state index contributed by atoms with van der Waals surface area (Å²) in [6, 6.07) is 15.9. The molecule has 0 spiro atoms. The number of H-pyrrole nitrogens is 1. The highest BCUT2D eigenvalue weighted by molar-refractivity contribution is 5.70. The van der Waals surface area contributed by atoms with Crippen LogP contribution >= 0.6 is 0 Å². The number of rotatable bonds is 9. The number of hydrogen-bond donors (Lipinski definition) is 1. The van der Waals surface area contributed by atoms with Gasteiger partial charge >= 0.3 is 5.69 Å². The first kappa shape index (κ1) is 24.9. The van der Waals surface area contributed by atoms with Gasteiger partial charge in [0.25, 0.3) is 0 Å². The van der Waals surface area contributed by atoms with Gasteiger partial charge in [0.05, 0.1) is 17.8 Å². The highest BCUT2D eigenvalue weighted by atomic mass is 16.1. The summed E-state index contributed by atoms with van der Waals surface area (Å²) in [6.45, 7) is 6.53. The lowest BCUT2D eigenvalue weighted by atomic mass is 10.0. The van der Waals surface area contributed by atoms with Crippen molar-refractivity contribution in [1.29, 1.82) is 5.26 Å². The van der Waals surface area contributed by atoms with Gasteiger partial charge in [0.1, 0.15) is 11.9 Å². The van der Waals surface area contributed by atoms with Gasteiger partial charge < -0.3 is 4.57 Å². The predicted octanol–water partition coefficient (Wildman–Crippen LogP) is 4.53. The molecular weight excluding hydrogens is 478 g/mol. The second-order valence-electron chi connectivity index (χ2n) is 9.48. The molecule has 38 heavy (non-hydrogen) atoms. The van der Waals surface area contributed by atoms with Crippen LogP contribution in [0.25, 0.3) is 28.3 Å². The molecule has 1 aromatic carbocycles. The fourth-order valence-corrected chi connectivity index (χ4v) is 4.63. The van der Waals surface area contributed by atoms with E-state index in [2.05, 4.69) is 38.6 Å². The zero-order valence-electron chi connectivity index (χ0n) is 21.7. The van der Waals surface area contributed by atoms with E-state index in [-0.39, 0.29) is 11.7 Å². The molecule has 0 bridgehead atoms. The Morgan fingerprint density at radius 3 is 2.66 bits per heavy atom. The normalized spacial score (nSPS) is 11.2. The SMILES string of the molecule is CCCCc1cn(-c2c(C#N)ccn2C(C)C)c(=O)n1Cc1cc(-c2cccc(-c3nn[nH]n3)c2)ccn1.